The van der Waals surface area contributed by atoms with Crippen molar-refractivity contribution in [3.05, 3.63) is 37.9 Å². The number of nitrogens with zero attached hydrogens (tertiary/aromatic N) is 3. The fourth-order valence-corrected chi connectivity index (χ4v) is 2.60. The highest BCUT2D eigenvalue weighted by Gasteiger charge is 2.39. The number of nitro groups is 2. The van der Waals surface area contributed by atoms with Gasteiger partial charge >= 0.3 is 12.1 Å². The molecule has 0 radical (unpaired) electrons. The molecule has 0 amide bonds. The average Bonchev–Trinajstić information content (AvgIpc) is 2.58. The molecule has 1 rings (SSSR count). The predicted molar refractivity (Wildman–Crippen MR) is 93.5 cm³/mol. The minimum Gasteiger partial charge on any atom is -0.460 e. The normalized spacial score (nSPS) is 12.4. The molecule has 28 heavy (non-hydrogen) atoms. The van der Waals surface area contributed by atoms with Gasteiger partial charge in [0.1, 0.15) is 12.0 Å². The number of carbonyl (C=O) groups excluding carboxylic acids is 1. The van der Waals surface area contributed by atoms with E-state index in [0.29, 0.717) is 6.42 Å². The third kappa shape index (κ3) is 5.94. The molecule has 0 aliphatic rings. The van der Waals surface area contributed by atoms with E-state index in [9.17, 15) is 38.2 Å². The molecule has 13 heteroatoms. The van der Waals surface area contributed by atoms with Crippen LogP contribution in [0.4, 0.5) is 30.2 Å². The second-order valence-corrected chi connectivity index (χ2v) is 6.02. The van der Waals surface area contributed by atoms with Crippen LogP contribution in [0.2, 0.25) is 0 Å². The Morgan fingerprint density at radius 2 is 1.75 bits per heavy atom. The highest BCUT2D eigenvalue weighted by atomic mass is 35.5. The average molecular weight is 428 g/mol. The monoisotopic (exact) mass is 427 g/mol. The Balaban J connectivity index is 3.56. The van der Waals surface area contributed by atoms with Gasteiger partial charge in [-0.15, -0.1) is 11.6 Å². The second kappa shape index (κ2) is 9.53. The topological polar surface area (TPSA) is 116 Å². The molecule has 0 aliphatic carbocycles. The number of anilines is 1. The molecule has 9 nitrogen and oxygen atoms in total. The van der Waals surface area contributed by atoms with Gasteiger partial charge in [-0.3, -0.25) is 25.0 Å². The van der Waals surface area contributed by atoms with E-state index in [1.807, 2.05) is 0 Å². The van der Waals surface area contributed by atoms with Gasteiger partial charge in [0.05, 0.1) is 22.0 Å². The first-order valence-corrected chi connectivity index (χ1v) is 8.50. The largest absolute Gasteiger partial charge is 0.460 e. The van der Waals surface area contributed by atoms with Crippen molar-refractivity contribution in [3.63, 3.8) is 0 Å². The zero-order valence-corrected chi connectivity index (χ0v) is 15.6. The zero-order chi connectivity index (χ0) is 21.6. The van der Waals surface area contributed by atoms with Crippen LogP contribution in [0.15, 0.2) is 12.1 Å². The fourth-order valence-electron chi connectivity index (χ4n) is 2.54. The first kappa shape index (κ1) is 23.4. The highest BCUT2D eigenvalue weighted by Crippen LogP contribution is 2.43. The van der Waals surface area contributed by atoms with Crippen molar-refractivity contribution in [1.29, 1.82) is 0 Å². The van der Waals surface area contributed by atoms with Crippen LogP contribution in [0.25, 0.3) is 0 Å². The van der Waals surface area contributed by atoms with Gasteiger partial charge in [0.15, 0.2) is 5.69 Å². The van der Waals surface area contributed by atoms with Crippen LogP contribution in [-0.2, 0) is 15.7 Å². The van der Waals surface area contributed by atoms with Gasteiger partial charge in [0.2, 0.25) is 0 Å². The van der Waals surface area contributed by atoms with E-state index in [1.165, 1.54) is 6.92 Å². The molecule has 0 N–H and O–H groups in total. The summed E-state index contributed by atoms with van der Waals surface area (Å²) in [4.78, 5) is 33.0. The van der Waals surface area contributed by atoms with Crippen LogP contribution in [0.5, 0.6) is 0 Å². The van der Waals surface area contributed by atoms with Gasteiger partial charge in [-0.05, 0) is 13.3 Å². The Kier molecular flexibility index (Phi) is 7.97. The number of alkyl halides is 4. The van der Waals surface area contributed by atoms with Crippen LogP contribution in [0, 0.1) is 20.2 Å². The van der Waals surface area contributed by atoms with E-state index < -0.39 is 56.6 Å². The van der Waals surface area contributed by atoms with Gasteiger partial charge in [-0.1, -0.05) is 6.92 Å². The van der Waals surface area contributed by atoms with Gasteiger partial charge in [-0.25, -0.2) is 0 Å². The molecule has 0 fully saturated rings. The van der Waals surface area contributed by atoms with Crippen molar-refractivity contribution >= 4 is 34.6 Å². The molecule has 0 spiro atoms. The number of ether oxygens (including phenoxy) is 1. The quantitative estimate of drug-likeness (QED) is 0.254. The lowest BCUT2D eigenvalue weighted by Gasteiger charge is -2.27. The third-order valence-electron chi connectivity index (χ3n) is 3.52. The van der Waals surface area contributed by atoms with Crippen LogP contribution >= 0.6 is 11.6 Å². The maximum atomic E-state index is 13.0. The van der Waals surface area contributed by atoms with E-state index in [-0.39, 0.29) is 25.2 Å². The molecular formula is C15H17ClF3N3O6. The summed E-state index contributed by atoms with van der Waals surface area (Å²) in [6.07, 6.45) is -5.52. The number of esters is 1. The summed E-state index contributed by atoms with van der Waals surface area (Å²) in [6.45, 7) is 2.92. The molecule has 0 aliphatic heterocycles. The molecule has 1 unspecified atom stereocenters. The number of hydrogen-bond donors (Lipinski definition) is 0. The van der Waals surface area contributed by atoms with Gasteiger partial charge in [0.25, 0.3) is 11.4 Å². The number of benzene rings is 1. The summed E-state index contributed by atoms with van der Waals surface area (Å²) in [7, 11) is 0. The van der Waals surface area contributed by atoms with Crippen molar-refractivity contribution in [1.82, 2.24) is 0 Å². The number of halogens is 4. The Morgan fingerprint density at radius 3 is 2.11 bits per heavy atom. The zero-order valence-electron chi connectivity index (χ0n) is 14.9. The summed E-state index contributed by atoms with van der Waals surface area (Å²) in [5, 5.41) is 22.8. The second-order valence-electron chi connectivity index (χ2n) is 5.76. The van der Waals surface area contributed by atoms with E-state index >= 15 is 0 Å². The molecule has 0 saturated carbocycles. The minimum atomic E-state index is -5.01. The third-order valence-corrected chi connectivity index (χ3v) is 3.74. The van der Waals surface area contributed by atoms with Crippen molar-refractivity contribution < 1.29 is 32.5 Å². The summed E-state index contributed by atoms with van der Waals surface area (Å²) < 4.78 is 44.0. The molecule has 156 valence electrons. The maximum absolute atomic E-state index is 13.0. The Morgan fingerprint density at radius 1 is 1.25 bits per heavy atom. The lowest BCUT2D eigenvalue weighted by molar-refractivity contribution is -0.393. The maximum Gasteiger partial charge on any atom is 0.416 e. The molecule has 1 atom stereocenters. The van der Waals surface area contributed by atoms with E-state index in [4.69, 9.17) is 16.3 Å². The summed E-state index contributed by atoms with van der Waals surface area (Å²) in [6, 6.07) is 0.501. The molecule has 1 aromatic carbocycles. The highest BCUT2D eigenvalue weighted by molar-refractivity contribution is 6.26. The van der Waals surface area contributed by atoms with Gasteiger partial charge < -0.3 is 9.64 Å². The standard InChI is InChI=1S/C15H17ClF3N3O6/c1-3-4-20(8-9(2)28-13(23)7-16)14-11(21(24)25)5-10(15(17,18)19)6-12(14)22(26)27/h5-6,9H,3-4,7-8H2,1-2H3. The Labute approximate surface area is 162 Å². The molecule has 0 heterocycles. The SMILES string of the molecule is CCCN(CC(C)OC(=O)CCl)c1c([N+](=O)[O-])cc(C(F)(F)F)cc1[N+](=O)[O-]. The van der Waals surface area contributed by atoms with E-state index in [1.54, 1.807) is 6.92 Å². The molecule has 1 aromatic rings. The molecular weight excluding hydrogens is 411 g/mol. The Bertz CT molecular complexity index is 724. The van der Waals surface area contributed by atoms with Crippen LogP contribution in [-0.4, -0.2) is 40.9 Å². The van der Waals surface area contributed by atoms with Crippen molar-refractivity contribution in [3.8, 4) is 0 Å². The van der Waals surface area contributed by atoms with Gasteiger partial charge in [-0.2, -0.15) is 13.2 Å². The fraction of sp³-hybridized carbons (Fsp3) is 0.533. The smallest absolute Gasteiger partial charge is 0.416 e. The molecule has 0 saturated heterocycles. The van der Waals surface area contributed by atoms with E-state index in [0.717, 1.165) is 4.90 Å². The lowest BCUT2D eigenvalue weighted by atomic mass is 10.1. The van der Waals surface area contributed by atoms with Crippen molar-refractivity contribution in [2.75, 3.05) is 23.9 Å². The van der Waals surface area contributed by atoms with Crippen molar-refractivity contribution in [2.24, 2.45) is 0 Å². The minimum absolute atomic E-state index is 0.0375. The van der Waals surface area contributed by atoms with Gasteiger partial charge in [0, 0.05) is 18.7 Å². The summed E-state index contributed by atoms with van der Waals surface area (Å²) in [5.41, 5.74) is -4.22. The van der Waals surface area contributed by atoms with E-state index in [2.05, 4.69) is 0 Å². The summed E-state index contributed by atoms with van der Waals surface area (Å²) >= 11 is 5.33. The predicted octanol–water partition coefficient (Wildman–Crippen LogP) is 3.91. The number of carbonyl (C=O) groups is 1. The van der Waals surface area contributed by atoms with Crippen LogP contribution < -0.4 is 4.90 Å². The van der Waals surface area contributed by atoms with Crippen molar-refractivity contribution in [2.45, 2.75) is 32.5 Å². The lowest BCUT2D eigenvalue weighted by Crippen LogP contribution is -2.35. The van der Waals surface area contributed by atoms with Crippen LogP contribution in [0.1, 0.15) is 25.8 Å². The first-order valence-electron chi connectivity index (χ1n) is 7.96. The number of nitro benzene ring substituents is 2. The Hall–Kier alpha value is -2.63. The van der Waals surface area contributed by atoms with Crippen LogP contribution in [0.3, 0.4) is 0 Å². The number of hydrogen-bond acceptors (Lipinski definition) is 7. The summed E-state index contributed by atoms with van der Waals surface area (Å²) in [5.74, 6) is -1.22. The first-order chi connectivity index (χ1) is 12.9. The molecule has 0 bridgehead atoms. The molecule has 0 aromatic heterocycles. The number of rotatable bonds is 9.